The number of rotatable bonds is 4. The van der Waals surface area contributed by atoms with Crippen molar-refractivity contribution in [2.45, 2.75) is 49.8 Å². The molecule has 2 amide bonds. The van der Waals surface area contributed by atoms with E-state index < -0.39 is 0 Å². The fourth-order valence-electron chi connectivity index (χ4n) is 5.70. The number of amides is 2. The molecule has 4 aliphatic carbocycles. The van der Waals surface area contributed by atoms with Gasteiger partial charge in [-0.2, -0.15) is 0 Å². The Labute approximate surface area is 137 Å². The van der Waals surface area contributed by atoms with E-state index in [2.05, 4.69) is 10.6 Å². The Hall–Kier alpha value is -0.850. The molecule has 4 saturated carbocycles. The highest BCUT2D eigenvalue weighted by Crippen LogP contribution is 2.57. The zero-order valence-electron chi connectivity index (χ0n) is 13.9. The van der Waals surface area contributed by atoms with Crippen molar-refractivity contribution in [2.24, 2.45) is 29.4 Å². The largest absolute Gasteiger partial charge is 0.377 e. The third kappa shape index (κ3) is 2.75. The van der Waals surface area contributed by atoms with Crippen molar-refractivity contribution in [2.75, 3.05) is 26.9 Å². The lowest BCUT2D eigenvalue weighted by molar-refractivity contribution is -0.0530. The van der Waals surface area contributed by atoms with Crippen molar-refractivity contribution < 1.29 is 14.3 Å². The quantitative estimate of drug-likeness (QED) is 0.716. The summed E-state index contributed by atoms with van der Waals surface area (Å²) >= 11 is 0. The third-order valence-electron chi connectivity index (χ3n) is 6.86. The summed E-state index contributed by atoms with van der Waals surface area (Å²) in [5.74, 6) is 2.95. The molecule has 0 spiro atoms. The summed E-state index contributed by atoms with van der Waals surface area (Å²) < 4.78 is 10.7. The van der Waals surface area contributed by atoms with Crippen LogP contribution in [0.3, 0.4) is 0 Å². The highest BCUT2D eigenvalue weighted by atomic mass is 16.5. The lowest BCUT2D eigenvalue weighted by Gasteiger charge is -2.59. The Morgan fingerprint density at radius 3 is 2.43 bits per heavy atom. The van der Waals surface area contributed by atoms with E-state index in [0.717, 1.165) is 11.8 Å². The summed E-state index contributed by atoms with van der Waals surface area (Å²) in [6, 6.07) is -0.228. The van der Waals surface area contributed by atoms with Crippen LogP contribution in [0, 0.1) is 23.7 Å². The molecule has 0 aromatic rings. The smallest absolute Gasteiger partial charge is 0.315 e. The Morgan fingerprint density at radius 2 is 1.83 bits per heavy atom. The molecule has 0 radical (unpaired) electrons. The molecule has 0 aromatic carbocycles. The molecule has 5 fully saturated rings. The van der Waals surface area contributed by atoms with E-state index >= 15 is 0 Å². The van der Waals surface area contributed by atoms with Gasteiger partial charge in [0.1, 0.15) is 6.10 Å². The molecule has 1 aliphatic heterocycles. The van der Waals surface area contributed by atoms with Gasteiger partial charge in [-0.25, -0.2) is 4.79 Å². The summed E-state index contributed by atoms with van der Waals surface area (Å²) in [5, 5.41) is 6.00. The molecule has 5 rings (SSSR count). The molecular formula is C17H29N3O3. The van der Waals surface area contributed by atoms with Gasteiger partial charge in [0.05, 0.1) is 19.3 Å². The second-order valence-corrected chi connectivity index (χ2v) is 8.16. The van der Waals surface area contributed by atoms with Crippen LogP contribution in [0.5, 0.6) is 0 Å². The van der Waals surface area contributed by atoms with Crippen molar-refractivity contribution >= 4 is 6.03 Å². The van der Waals surface area contributed by atoms with Gasteiger partial charge < -0.3 is 25.8 Å². The number of urea groups is 1. The predicted molar refractivity (Wildman–Crippen MR) is 85.9 cm³/mol. The van der Waals surface area contributed by atoms with Crippen LogP contribution in [-0.2, 0) is 9.47 Å². The first-order valence-electron chi connectivity index (χ1n) is 9.02. The van der Waals surface area contributed by atoms with E-state index in [4.69, 9.17) is 15.2 Å². The van der Waals surface area contributed by atoms with Crippen LogP contribution in [0.15, 0.2) is 0 Å². The van der Waals surface area contributed by atoms with E-state index in [1.165, 1.54) is 32.1 Å². The average molecular weight is 323 g/mol. The highest BCUT2D eigenvalue weighted by molar-refractivity contribution is 5.74. The second kappa shape index (κ2) is 5.90. The van der Waals surface area contributed by atoms with Crippen LogP contribution < -0.4 is 16.4 Å². The number of ether oxygens (including phenoxy) is 2. The minimum atomic E-state index is -0.211. The monoisotopic (exact) mass is 323 g/mol. The summed E-state index contributed by atoms with van der Waals surface area (Å²) in [6.07, 6.45) is 6.39. The van der Waals surface area contributed by atoms with Crippen LogP contribution in [-0.4, -0.2) is 50.6 Å². The first-order valence-corrected chi connectivity index (χ1v) is 9.02. The van der Waals surface area contributed by atoms with Crippen LogP contribution in [0.4, 0.5) is 4.79 Å². The fraction of sp³-hybridized carbons (Fsp3) is 0.941. The average Bonchev–Trinajstić information content (AvgIpc) is 2.97. The summed E-state index contributed by atoms with van der Waals surface area (Å²) in [4.78, 5) is 12.2. The van der Waals surface area contributed by atoms with Crippen molar-refractivity contribution in [3.63, 3.8) is 0 Å². The van der Waals surface area contributed by atoms with Crippen LogP contribution in [0.1, 0.15) is 32.1 Å². The SMILES string of the molecule is CO[C@@H]1COC[C@@H]1NC(=O)NCC1(N)C2CC3CC(C2)CC1C3. The normalized spacial score (nSPS) is 47.7. The molecule has 0 aromatic heterocycles. The number of hydrogen-bond donors (Lipinski definition) is 3. The molecule has 6 nitrogen and oxygen atoms in total. The van der Waals surface area contributed by atoms with Crippen molar-refractivity contribution in [3.8, 4) is 0 Å². The summed E-state index contributed by atoms with van der Waals surface area (Å²) in [6.45, 7) is 1.63. The molecule has 1 saturated heterocycles. The molecule has 2 atom stereocenters. The van der Waals surface area contributed by atoms with Gasteiger partial charge in [-0.05, 0) is 55.8 Å². The minimum absolute atomic E-state index is 0.0613. The van der Waals surface area contributed by atoms with Crippen molar-refractivity contribution in [3.05, 3.63) is 0 Å². The fourth-order valence-corrected chi connectivity index (χ4v) is 5.70. The topological polar surface area (TPSA) is 85.6 Å². The van der Waals surface area contributed by atoms with Crippen molar-refractivity contribution in [1.82, 2.24) is 10.6 Å². The number of carbonyl (C=O) groups excluding carboxylic acids is 1. The first kappa shape index (κ1) is 15.7. The van der Waals surface area contributed by atoms with Crippen LogP contribution >= 0.6 is 0 Å². The predicted octanol–water partition coefficient (Wildman–Crippen LogP) is 0.853. The molecule has 1 heterocycles. The maximum atomic E-state index is 12.2. The minimum Gasteiger partial charge on any atom is -0.377 e. The van der Waals surface area contributed by atoms with Gasteiger partial charge in [0, 0.05) is 19.2 Å². The Balaban J connectivity index is 1.32. The molecule has 6 heteroatoms. The Morgan fingerprint density at radius 1 is 1.17 bits per heavy atom. The highest BCUT2D eigenvalue weighted by Gasteiger charge is 2.55. The van der Waals surface area contributed by atoms with Crippen LogP contribution in [0.2, 0.25) is 0 Å². The van der Waals surface area contributed by atoms with Gasteiger partial charge in [0.25, 0.3) is 0 Å². The van der Waals surface area contributed by atoms with Crippen molar-refractivity contribution in [1.29, 1.82) is 0 Å². The standard InChI is InChI=1S/C17H29N3O3/c1-22-15-8-23-7-14(15)20-16(21)19-9-17(18)12-3-10-2-11(5-12)6-13(17)4-10/h10-15H,2-9,18H2,1H3,(H2,19,20,21)/t10?,11?,12?,13?,14-,15+,17?/m0/s1. The molecule has 4 N–H and O–H groups in total. The van der Waals surface area contributed by atoms with Gasteiger partial charge in [-0.1, -0.05) is 0 Å². The lowest BCUT2D eigenvalue weighted by atomic mass is 9.49. The van der Waals surface area contributed by atoms with Crippen LogP contribution in [0.25, 0.3) is 0 Å². The Bertz CT molecular complexity index is 442. The summed E-state index contributed by atoms with van der Waals surface area (Å²) in [5.41, 5.74) is 6.60. The number of methoxy groups -OCH3 is 1. The zero-order chi connectivity index (χ0) is 16.0. The Kier molecular flexibility index (Phi) is 4.02. The van der Waals surface area contributed by atoms with Gasteiger partial charge >= 0.3 is 6.03 Å². The number of nitrogens with one attached hydrogen (secondary N) is 2. The number of carbonyl (C=O) groups is 1. The molecule has 23 heavy (non-hydrogen) atoms. The lowest BCUT2D eigenvalue weighted by Crippen LogP contribution is -2.67. The van der Waals surface area contributed by atoms with E-state index in [1.807, 2.05) is 0 Å². The van der Waals surface area contributed by atoms with Gasteiger partial charge in [-0.15, -0.1) is 0 Å². The molecular weight excluding hydrogens is 294 g/mol. The molecule has 130 valence electrons. The first-order chi connectivity index (χ1) is 11.1. The van der Waals surface area contributed by atoms with E-state index in [9.17, 15) is 4.79 Å². The van der Waals surface area contributed by atoms with Gasteiger partial charge in [0.15, 0.2) is 0 Å². The molecule has 4 bridgehead atoms. The van der Waals surface area contributed by atoms with E-state index in [0.29, 0.717) is 31.6 Å². The second-order valence-electron chi connectivity index (χ2n) is 8.16. The van der Waals surface area contributed by atoms with Gasteiger partial charge in [-0.3, -0.25) is 0 Å². The van der Waals surface area contributed by atoms with E-state index in [1.54, 1.807) is 7.11 Å². The molecule has 0 unspecified atom stereocenters. The number of nitrogens with two attached hydrogens (primary N) is 1. The maximum absolute atomic E-state index is 12.2. The zero-order valence-corrected chi connectivity index (χ0v) is 13.9. The third-order valence-corrected chi connectivity index (χ3v) is 6.86. The molecule has 5 aliphatic rings. The van der Waals surface area contributed by atoms with E-state index in [-0.39, 0.29) is 23.7 Å². The number of hydrogen-bond acceptors (Lipinski definition) is 4. The maximum Gasteiger partial charge on any atom is 0.315 e. The van der Waals surface area contributed by atoms with Gasteiger partial charge in [0.2, 0.25) is 0 Å². The summed E-state index contributed by atoms with van der Waals surface area (Å²) in [7, 11) is 1.65.